The Bertz CT molecular complexity index is 1050. The number of carbonyl (C=O) groups excluding carboxylic acids is 1. The topological polar surface area (TPSA) is 102 Å². The van der Waals surface area contributed by atoms with Crippen LogP contribution in [0.5, 0.6) is 5.88 Å². The molecule has 0 aliphatic carbocycles. The Morgan fingerprint density at radius 3 is 2.79 bits per heavy atom. The summed E-state index contributed by atoms with van der Waals surface area (Å²) in [6, 6.07) is 1.91. The van der Waals surface area contributed by atoms with Gasteiger partial charge in [-0.2, -0.15) is 4.98 Å². The largest absolute Gasteiger partial charge is 0.470 e. The average Bonchev–Trinajstić information content (AvgIpc) is 3.12. The first-order valence-electron chi connectivity index (χ1n) is 9.57. The number of anilines is 1. The monoisotopic (exact) mass is 396 g/mol. The summed E-state index contributed by atoms with van der Waals surface area (Å²) in [4.78, 5) is 33.9. The van der Waals surface area contributed by atoms with E-state index in [1.807, 2.05) is 38.9 Å². The van der Waals surface area contributed by atoms with Gasteiger partial charge in [0, 0.05) is 44.4 Å². The number of amides is 1. The van der Waals surface area contributed by atoms with Gasteiger partial charge in [-0.25, -0.2) is 19.5 Å². The lowest BCUT2D eigenvalue weighted by atomic mass is 10.1. The van der Waals surface area contributed by atoms with Gasteiger partial charge in [-0.05, 0) is 32.8 Å². The van der Waals surface area contributed by atoms with E-state index in [9.17, 15) is 4.79 Å². The molecule has 0 unspecified atom stereocenters. The third-order valence-electron chi connectivity index (χ3n) is 4.82. The quantitative estimate of drug-likeness (QED) is 0.650. The highest BCUT2D eigenvalue weighted by Gasteiger charge is 2.29. The van der Waals surface area contributed by atoms with Crippen LogP contribution in [0.2, 0.25) is 0 Å². The van der Waals surface area contributed by atoms with Gasteiger partial charge in [0.25, 0.3) is 17.6 Å². The molecule has 29 heavy (non-hydrogen) atoms. The van der Waals surface area contributed by atoms with Gasteiger partial charge in [0.05, 0.1) is 6.54 Å². The van der Waals surface area contributed by atoms with Crippen LogP contribution in [0.4, 0.5) is 5.82 Å². The van der Waals surface area contributed by atoms with Crippen LogP contribution < -0.4 is 9.64 Å². The van der Waals surface area contributed by atoms with Gasteiger partial charge >= 0.3 is 0 Å². The minimum absolute atomic E-state index is 0.153. The third kappa shape index (κ3) is 3.82. The number of carbonyl (C=O) groups is 1. The van der Waals surface area contributed by atoms with E-state index < -0.39 is 0 Å². The first-order chi connectivity index (χ1) is 13.9. The number of likely N-dealkylation sites (tertiary alicyclic amines) is 1. The van der Waals surface area contributed by atoms with Crippen LogP contribution in [0.15, 0.2) is 18.5 Å². The summed E-state index contributed by atoms with van der Waals surface area (Å²) < 4.78 is 7.69. The van der Waals surface area contributed by atoms with Crippen LogP contribution in [-0.2, 0) is 0 Å². The lowest BCUT2D eigenvalue weighted by molar-refractivity contribution is 0.0518. The van der Waals surface area contributed by atoms with Crippen molar-refractivity contribution in [3.05, 3.63) is 35.7 Å². The van der Waals surface area contributed by atoms with Crippen molar-refractivity contribution in [2.75, 3.05) is 32.1 Å². The van der Waals surface area contributed by atoms with E-state index in [2.05, 4.69) is 25.0 Å². The number of ether oxygens (including phenoxy) is 1. The summed E-state index contributed by atoms with van der Waals surface area (Å²) in [5, 5.41) is 4.36. The fourth-order valence-corrected chi connectivity index (χ4v) is 3.48. The Labute approximate surface area is 168 Å². The highest BCUT2D eigenvalue weighted by Crippen LogP contribution is 2.24. The maximum Gasteiger partial charge on any atom is 0.293 e. The molecule has 1 saturated heterocycles. The van der Waals surface area contributed by atoms with E-state index >= 15 is 0 Å². The van der Waals surface area contributed by atoms with Crippen molar-refractivity contribution >= 4 is 17.5 Å². The van der Waals surface area contributed by atoms with Crippen molar-refractivity contribution in [1.29, 1.82) is 0 Å². The van der Waals surface area contributed by atoms with Gasteiger partial charge in [-0.1, -0.05) is 0 Å². The normalized spacial score (nSPS) is 16.8. The van der Waals surface area contributed by atoms with Crippen molar-refractivity contribution in [2.45, 2.75) is 32.8 Å². The molecule has 1 aliphatic heterocycles. The van der Waals surface area contributed by atoms with Crippen LogP contribution in [-0.4, -0.2) is 73.6 Å². The zero-order valence-electron chi connectivity index (χ0n) is 17.0. The number of hydrogen-bond acceptors (Lipinski definition) is 8. The molecule has 4 rings (SSSR count). The van der Waals surface area contributed by atoms with E-state index in [0.29, 0.717) is 30.6 Å². The Balaban J connectivity index is 1.51. The number of rotatable bonds is 4. The number of aromatic nitrogens is 6. The predicted molar refractivity (Wildman–Crippen MR) is 106 cm³/mol. The van der Waals surface area contributed by atoms with Crippen LogP contribution >= 0.6 is 0 Å². The Hall–Kier alpha value is -3.30. The summed E-state index contributed by atoms with van der Waals surface area (Å²) in [6.45, 7) is 4.90. The van der Waals surface area contributed by atoms with Crippen molar-refractivity contribution in [2.24, 2.45) is 0 Å². The second-order valence-corrected chi connectivity index (χ2v) is 7.40. The minimum atomic E-state index is -0.215. The van der Waals surface area contributed by atoms with Crippen LogP contribution in [0.1, 0.15) is 34.8 Å². The summed E-state index contributed by atoms with van der Waals surface area (Å²) >= 11 is 0. The zero-order valence-corrected chi connectivity index (χ0v) is 17.0. The highest BCUT2D eigenvalue weighted by molar-refractivity contribution is 5.91. The molecule has 0 aromatic carbocycles. The van der Waals surface area contributed by atoms with E-state index in [0.717, 1.165) is 24.2 Å². The Morgan fingerprint density at radius 2 is 2.00 bits per heavy atom. The van der Waals surface area contributed by atoms with Crippen molar-refractivity contribution in [1.82, 2.24) is 34.4 Å². The molecule has 0 spiro atoms. The summed E-state index contributed by atoms with van der Waals surface area (Å²) in [7, 11) is 3.78. The standard InChI is InChI=1S/C19H24N8O2/c1-12-10-13(2)27-19(22-12)23-15(24-27)18(28)26-9-5-6-14(11-26)29-17-16(25(3)4)20-7-8-21-17/h7-8,10,14H,5-6,9,11H2,1-4H3/t14-/m1/s1. The SMILES string of the molecule is Cc1cc(C)n2nc(C(=O)N3CCC[C@@H](Oc4nccnc4N(C)C)C3)nc2n1. The fraction of sp³-hybridized carbons (Fsp3) is 0.474. The molecule has 0 N–H and O–H groups in total. The summed E-state index contributed by atoms with van der Waals surface area (Å²) in [6.07, 6.45) is 4.74. The minimum Gasteiger partial charge on any atom is -0.470 e. The van der Waals surface area contributed by atoms with Gasteiger partial charge in [0.15, 0.2) is 5.82 Å². The second kappa shape index (κ2) is 7.61. The Kier molecular flexibility index (Phi) is 4.99. The molecule has 1 fully saturated rings. The number of nitrogens with zero attached hydrogens (tertiary/aromatic N) is 8. The van der Waals surface area contributed by atoms with Crippen LogP contribution in [0, 0.1) is 13.8 Å². The highest BCUT2D eigenvalue weighted by atomic mass is 16.5. The predicted octanol–water partition coefficient (Wildman–Crippen LogP) is 1.28. The maximum absolute atomic E-state index is 13.0. The summed E-state index contributed by atoms with van der Waals surface area (Å²) in [5.74, 6) is 1.51. The summed E-state index contributed by atoms with van der Waals surface area (Å²) in [5.41, 5.74) is 1.73. The third-order valence-corrected chi connectivity index (χ3v) is 4.82. The first kappa shape index (κ1) is 19.0. The molecule has 1 amide bonds. The number of fused-ring (bicyclic) bond motifs is 1. The second-order valence-electron chi connectivity index (χ2n) is 7.40. The fourth-order valence-electron chi connectivity index (χ4n) is 3.48. The van der Waals surface area contributed by atoms with Crippen molar-refractivity contribution in [3.8, 4) is 5.88 Å². The van der Waals surface area contributed by atoms with Gasteiger partial charge in [0.2, 0.25) is 5.82 Å². The molecule has 3 aromatic rings. The molecular formula is C19H24N8O2. The van der Waals surface area contributed by atoms with Gasteiger partial charge in [-0.15, -0.1) is 5.10 Å². The zero-order chi connectivity index (χ0) is 20.5. The van der Waals surface area contributed by atoms with Crippen LogP contribution in [0.25, 0.3) is 5.78 Å². The lowest BCUT2D eigenvalue weighted by Gasteiger charge is -2.32. The van der Waals surface area contributed by atoms with Crippen LogP contribution in [0.3, 0.4) is 0 Å². The van der Waals surface area contributed by atoms with Crippen molar-refractivity contribution in [3.63, 3.8) is 0 Å². The Morgan fingerprint density at radius 1 is 1.21 bits per heavy atom. The van der Waals surface area contributed by atoms with E-state index in [4.69, 9.17) is 4.74 Å². The molecule has 1 aliphatic rings. The lowest BCUT2D eigenvalue weighted by Crippen LogP contribution is -2.45. The number of hydrogen-bond donors (Lipinski definition) is 0. The molecule has 0 radical (unpaired) electrons. The first-order valence-corrected chi connectivity index (χ1v) is 9.57. The molecular weight excluding hydrogens is 372 g/mol. The smallest absolute Gasteiger partial charge is 0.293 e. The van der Waals surface area contributed by atoms with E-state index in [1.165, 1.54) is 0 Å². The van der Waals surface area contributed by atoms with Crippen molar-refractivity contribution < 1.29 is 9.53 Å². The molecule has 152 valence electrons. The van der Waals surface area contributed by atoms with E-state index in [1.54, 1.807) is 21.8 Å². The molecule has 0 bridgehead atoms. The molecule has 0 saturated carbocycles. The number of aryl methyl sites for hydroxylation is 2. The molecule has 3 aromatic heterocycles. The van der Waals surface area contributed by atoms with Gasteiger partial charge < -0.3 is 14.5 Å². The van der Waals surface area contributed by atoms with E-state index in [-0.39, 0.29) is 17.8 Å². The molecule has 4 heterocycles. The average molecular weight is 396 g/mol. The maximum atomic E-state index is 13.0. The molecule has 10 heteroatoms. The number of piperidine rings is 1. The molecule has 1 atom stereocenters. The van der Waals surface area contributed by atoms with Gasteiger partial charge in [-0.3, -0.25) is 4.79 Å². The van der Waals surface area contributed by atoms with Gasteiger partial charge in [0.1, 0.15) is 6.10 Å². The molecule has 10 nitrogen and oxygen atoms in total.